The van der Waals surface area contributed by atoms with Gasteiger partial charge in [0.15, 0.2) is 0 Å². The molecule has 3 aromatic rings. The SMILES string of the molecule is Cc1nc(CNC(=O)c2ccc(COc3ccccc3)cc2)ccc1C(C)O. The number of pyridine rings is 1. The molecule has 0 aliphatic heterocycles. The number of hydrogen-bond acceptors (Lipinski definition) is 4. The van der Waals surface area contributed by atoms with Crippen molar-refractivity contribution in [3.63, 3.8) is 0 Å². The molecule has 0 radical (unpaired) electrons. The van der Waals surface area contributed by atoms with Crippen LogP contribution >= 0.6 is 0 Å². The number of amides is 1. The monoisotopic (exact) mass is 376 g/mol. The summed E-state index contributed by atoms with van der Waals surface area (Å²) < 4.78 is 5.71. The minimum Gasteiger partial charge on any atom is -0.489 e. The molecule has 144 valence electrons. The van der Waals surface area contributed by atoms with Crippen LogP contribution in [-0.2, 0) is 13.2 Å². The lowest BCUT2D eigenvalue weighted by Crippen LogP contribution is -2.23. The van der Waals surface area contributed by atoms with Crippen LogP contribution in [0.15, 0.2) is 66.7 Å². The molecule has 0 bridgehead atoms. The fourth-order valence-corrected chi connectivity index (χ4v) is 2.87. The standard InChI is InChI=1S/C23H24N2O3/c1-16-22(17(2)26)13-12-20(25-16)14-24-23(27)19-10-8-18(9-11-19)15-28-21-6-4-3-5-7-21/h3-13,17,26H,14-15H2,1-2H3,(H,24,27). The molecule has 1 unspecified atom stereocenters. The Labute approximate surface area is 165 Å². The Balaban J connectivity index is 1.54. The van der Waals surface area contributed by atoms with Crippen molar-refractivity contribution in [3.05, 3.63) is 94.8 Å². The summed E-state index contributed by atoms with van der Waals surface area (Å²) in [4.78, 5) is 16.8. The number of aliphatic hydroxyl groups is 1. The van der Waals surface area contributed by atoms with Gasteiger partial charge in [0.25, 0.3) is 5.91 Å². The molecule has 2 aromatic carbocycles. The lowest BCUT2D eigenvalue weighted by molar-refractivity contribution is 0.0950. The van der Waals surface area contributed by atoms with Crippen molar-refractivity contribution in [2.45, 2.75) is 33.1 Å². The van der Waals surface area contributed by atoms with Crippen molar-refractivity contribution in [3.8, 4) is 5.75 Å². The quantitative estimate of drug-likeness (QED) is 0.655. The molecule has 0 saturated heterocycles. The fraction of sp³-hybridized carbons (Fsp3) is 0.217. The van der Waals surface area contributed by atoms with Gasteiger partial charge in [0, 0.05) is 16.8 Å². The molecule has 0 aliphatic rings. The zero-order valence-corrected chi connectivity index (χ0v) is 16.1. The average molecular weight is 376 g/mol. The van der Waals surface area contributed by atoms with Gasteiger partial charge in [0.05, 0.1) is 18.3 Å². The van der Waals surface area contributed by atoms with E-state index < -0.39 is 6.10 Å². The summed E-state index contributed by atoms with van der Waals surface area (Å²) in [6.45, 7) is 4.34. The summed E-state index contributed by atoms with van der Waals surface area (Å²) in [5.74, 6) is 0.656. The lowest BCUT2D eigenvalue weighted by Gasteiger charge is -2.11. The van der Waals surface area contributed by atoms with Crippen molar-refractivity contribution in [1.29, 1.82) is 0 Å². The van der Waals surface area contributed by atoms with Gasteiger partial charge in [-0.2, -0.15) is 0 Å². The summed E-state index contributed by atoms with van der Waals surface area (Å²) in [6.07, 6.45) is -0.555. The molecule has 0 aliphatic carbocycles. The zero-order chi connectivity index (χ0) is 19.9. The van der Waals surface area contributed by atoms with E-state index in [9.17, 15) is 9.90 Å². The van der Waals surface area contributed by atoms with Gasteiger partial charge in [-0.05, 0) is 49.7 Å². The van der Waals surface area contributed by atoms with Crippen LogP contribution in [0.1, 0.15) is 45.9 Å². The van der Waals surface area contributed by atoms with Gasteiger partial charge in [-0.15, -0.1) is 0 Å². The summed E-state index contributed by atoms with van der Waals surface area (Å²) in [5.41, 5.74) is 3.89. The van der Waals surface area contributed by atoms with Crippen molar-refractivity contribution in [2.75, 3.05) is 0 Å². The number of carbonyl (C=O) groups excluding carboxylic acids is 1. The molecule has 0 spiro atoms. The van der Waals surface area contributed by atoms with Crippen molar-refractivity contribution >= 4 is 5.91 Å². The van der Waals surface area contributed by atoms with Gasteiger partial charge >= 0.3 is 0 Å². The van der Waals surface area contributed by atoms with E-state index >= 15 is 0 Å². The Morgan fingerprint density at radius 1 is 1.07 bits per heavy atom. The Kier molecular flexibility index (Phi) is 6.40. The van der Waals surface area contributed by atoms with Gasteiger partial charge in [-0.1, -0.05) is 36.4 Å². The first-order chi connectivity index (χ1) is 13.5. The molecule has 3 rings (SSSR count). The Morgan fingerprint density at radius 3 is 2.43 bits per heavy atom. The maximum Gasteiger partial charge on any atom is 0.251 e. The average Bonchev–Trinajstić information content (AvgIpc) is 2.71. The predicted octanol–water partition coefficient (Wildman–Crippen LogP) is 3.95. The van der Waals surface area contributed by atoms with Crippen molar-refractivity contribution < 1.29 is 14.6 Å². The highest BCUT2D eigenvalue weighted by Crippen LogP contribution is 2.16. The van der Waals surface area contributed by atoms with Crippen LogP contribution in [0.5, 0.6) is 5.75 Å². The molecule has 1 aromatic heterocycles. The van der Waals surface area contributed by atoms with Crippen LogP contribution in [0.3, 0.4) is 0 Å². The number of carbonyl (C=O) groups is 1. The molecular formula is C23H24N2O3. The van der Waals surface area contributed by atoms with Crippen molar-refractivity contribution in [1.82, 2.24) is 10.3 Å². The van der Waals surface area contributed by atoms with Gasteiger partial charge in [-0.25, -0.2) is 0 Å². The second-order valence-corrected chi connectivity index (χ2v) is 6.63. The first-order valence-corrected chi connectivity index (χ1v) is 9.22. The van der Waals surface area contributed by atoms with Crippen LogP contribution in [-0.4, -0.2) is 16.0 Å². The molecule has 1 heterocycles. The Morgan fingerprint density at radius 2 is 1.79 bits per heavy atom. The van der Waals surface area contributed by atoms with E-state index in [4.69, 9.17) is 4.74 Å². The zero-order valence-electron chi connectivity index (χ0n) is 16.1. The third kappa shape index (κ3) is 5.18. The first kappa shape index (κ1) is 19.6. The van der Waals surface area contributed by atoms with Gasteiger partial charge in [-0.3, -0.25) is 9.78 Å². The molecule has 1 amide bonds. The lowest BCUT2D eigenvalue weighted by atomic mass is 10.1. The normalized spacial score (nSPS) is 11.7. The molecule has 2 N–H and O–H groups in total. The number of aliphatic hydroxyl groups excluding tert-OH is 1. The maximum absolute atomic E-state index is 12.4. The first-order valence-electron chi connectivity index (χ1n) is 9.22. The molecule has 5 nitrogen and oxygen atoms in total. The summed E-state index contributed by atoms with van der Waals surface area (Å²) in [7, 11) is 0. The number of nitrogens with zero attached hydrogens (tertiary/aromatic N) is 1. The minimum atomic E-state index is -0.555. The van der Waals surface area contributed by atoms with E-state index in [0.717, 1.165) is 28.3 Å². The molecular weight excluding hydrogens is 352 g/mol. The number of hydrogen-bond donors (Lipinski definition) is 2. The fourth-order valence-electron chi connectivity index (χ4n) is 2.87. The predicted molar refractivity (Wildman–Crippen MR) is 108 cm³/mol. The number of aryl methyl sites for hydroxylation is 1. The number of benzene rings is 2. The number of para-hydroxylation sites is 1. The van der Waals surface area contributed by atoms with E-state index in [1.165, 1.54) is 0 Å². The van der Waals surface area contributed by atoms with Gasteiger partial charge < -0.3 is 15.2 Å². The molecule has 5 heteroatoms. The topological polar surface area (TPSA) is 71.5 Å². The number of nitrogens with one attached hydrogen (secondary N) is 1. The second-order valence-electron chi connectivity index (χ2n) is 6.63. The third-order valence-electron chi connectivity index (χ3n) is 4.43. The molecule has 28 heavy (non-hydrogen) atoms. The number of rotatable bonds is 7. The van der Waals surface area contributed by atoms with Gasteiger partial charge in [0.1, 0.15) is 12.4 Å². The van der Waals surface area contributed by atoms with Crippen molar-refractivity contribution in [2.24, 2.45) is 0 Å². The Hall–Kier alpha value is -3.18. The van der Waals surface area contributed by atoms with Crippen LogP contribution < -0.4 is 10.1 Å². The largest absolute Gasteiger partial charge is 0.489 e. The third-order valence-corrected chi connectivity index (χ3v) is 4.43. The van der Waals surface area contributed by atoms with Crippen LogP contribution in [0.25, 0.3) is 0 Å². The van der Waals surface area contributed by atoms with Crippen LogP contribution in [0.4, 0.5) is 0 Å². The summed E-state index contributed by atoms with van der Waals surface area (Å²) in [6, 6.07) is 20.6. The minimum absolute atomic E-state index is 0.158. The summed E-state index contributed by atoms with van der Waals surface area (Å²) in [5, 5.41) is 12.5. The van der Waals surface area contributed by atoms with E-state index in [1.54, 1.807) is 19.1 Å². The van der Waals surface area contributed by atoms with E-state index in [-0.39, 0.29) is 5.91 Å². The number of ether oxygens (including phenoxy) is 1. The second kappa shape index (κ2) is 9.15. The highest BCUT2D eigenvalue weighted by molar-refractivity contribution is 5.94. The van der Waals surface area contributed by atoms with Gasteiger partial charge in [0.2, 0.25) is 0 Å². The van der Waals surface area contributed by atoms with Crippen LogP contribution in [0.2, 0.25) is 0 Å². The van der Waals surface area contributed by atoms with E-state index in [1.807, 2.05) is 61.5 Å². The highest BCUT2D eigenvalue weighted by Gasteiger charge is 2.09. The number of aromatic nitrogens is 1. The highest BCUT2D eigenvalue weighted by atomic mass is 16.5. The van der Waals surface area contributed by atoms with Crippen LogP contribution in [0, 0.1) is 6.92 Å². The Bertz CT molecular complexity index is 922. The molecule has 1 atom stereocenters. The molecule has 0 saturated carbocycles. The molecule has 0 fully saturated rings. The maximum atomic E-state index is 12.4. The summed E-state index contributed by atoms with van der Waals surface area (Å²) >= 11 is 0. The van der Waals surface area contributed by atoms with E-state index in [0.29, 0.717) is 18.7 Å². The smallest absolute Gasteiger partial charge is 0.251 e. The van der Waals surface area contributed by atoms with E-state index in [2.05, 4.69) is 10.3 Å².